The molecule has 1 aliphatic rings. The molecule has 0 aromatic heterocycles. The first kappa shape index (κ1) is 24.6. The molecular weight excluding hydrogens is 440 g/mol. The molecule has 0 bridgehead atoms. The predicted molar refractivity (Wildman–Crippen MR) is 121 cm³/mol. The first-order valence-electron chi connectivity index (χ1n) is 10.9. The van der Waals surface area contributed by atoms with Gasteiger partial charge in [-0.2, -0.15) is 0 Å². The van der Waals surface area contributed by atoms with Crippen LogP contribution in [0, 0.1) is 0 Å². The van der Waals surface area contributed by atoms with Gasteiger partial charge in [-0.3, -0.25) is 19.3 Å². The number of esters is 2. The molecule has 3 rings (SSSR count). The quantitative estimate of drug-likeness (QED) is 0.421. The fourth-order valence-electron chi connectivity index (χ4n) is 3.57. The monoisotopic (exact) mass is 466 g/mol. The van der Waals surface area contributed by atoms with Crippen LogP contribution in [0.1, 0.15) is 56.4 Å². The number of nitrogens with one attached hydrogen (secondary N) is 1. The summed E-state index contributed by atoms with van der Waals surface area (Å²) in [6.07, 6.45) is 1.73. The minimum atomic E-state index is -0.948. The smallest absolute Gasteiger partial charge is 0.338 e. The third-order valence-corrected chi connectivity index (χ3v) is 5.38. The molecule has 1 aliphatic heterocycles. The van der Waals surface area contributed by atoms with Crippen molar-refractivity contribution in [1.29, 1.82) is 0 Å². The van der Waals surface area contributed by atoms with Crippen LogP contribution >= 0.6 is 0 Å². The Morgan fingerprint density at radius 1 is 1.00 bits per heavy atom. The van der Waals surface area contributed by atoms with E-state index < -0.39 is 36.4 Å². The lowest BCUT2D eigenvalue weighted by Crippen LogP contribution is -2.44. The van der Waals surface area contributed by atoms with E-state index in [-0.39, 0.29) is 29.0 Å². The highest BCUT2D eigenvalue weighted by atomic mass is 16.5. The zero-order chi connectivity index (χ0) is 24.7. The largest absolute Gasteiger partial charge is 0.467 e. The van der Waals surface area contributed by atoms with E-state index in [9.17, 15) is 24.0 Å². The normalized spacial score (nSPS) is 13.3. The fraction of sp³-hybridized carbons (Fsp3) is 0.320. The molecule has 0 spiro atoms. The molecule has 9 heteroatoms. The van der Waals surface area contributed by atoms with Crippen LogP contribution in [0.3, 0.4) is 0 Å². The third-order valence-electron chi connectivity index (χ3n) is 5.38. The number of imide groups is 1. The molecule has 2 aromatic rings. The van der Waals surface area contributed by atoms with Crippen LogP contribution < -0.4 is 5.32 Å². The van der Waals surface area contributed by atoms with Crippen molar-refractivity contribution < 1.29 is 33.4 Å². The van der Waals surface area contributed by atoms with Crippen LogP contribution in [-0.4, -0.2) is 60.9 Å². The number of amides is 3. The number of benzene rings is 2. The molecule has 0 saturated heterocycles. The lowest BCUT2D eigenvalue weighted by molar-refractivity contribution is -0.145. The van der Waals surface area contributed by atoms with Crippen molar-refractivity contribution >= 4 is 29.7 Å². The first-order valence-corrected chi connectivity index (χ1v) is 10.9. The number of hydrogen-bond acceptors (Lipinski definition) is 7. The highest BCUT2D eigenvalue weighted by Crippen LogP contribution is 2.24. The molecule has 2 aromatic carbocycles. The van der Waals surface area contributed by atoms with Gasteiger partial charge in [-0.15, -0.1) is 0 Å². The second-order valence-corrected chi connectivity index (χ2v) is 7.78. The van der Waals surface area contributed by atoms with E-state index in [1.54, 1.807) is 0 Å². The summed E-state index contributed by atoms with van der Waals surface area (Å²) in [5.41, 5.74) is 1.23. The van der Waals surface area contributed by atoms with Gasteiger partial charge in [-0.05, 0) is 30.2 Å². The SMILES string of the molecule is CCCCN1C(=O)c2ccc(C(=O)OCC(=O)NC(Cc3ccccc3)C(=O)OC)cc2C1=O. The van der Waals surface area contributed by atoms with Crippen LogP contribution in [0.4, 0.5) is 0 Å². The van der Waals surface area contributed by atoms with Crippen molar-refractivity contribution in [3.8, 4) is 0 Å². The number of rotatable bonds is 10. The second kappa shape index (κ2) is 11.2. The van der Waals surface area contributed by atoms with E-state index in [0.29, 0.717) is 13.0 Å². The van der Waals surface area contributed by atoms with Gasteiger partial charge in [-0.1, -0.05) is 43.7 Å². The minimum absolute atomic E-state index is 0.0406. The van der Waals surface area contributed by atoms with Gasteiger partial charge in [-0.25, -0.2) is 9.59 Å². The summed E-state index contributed by atoms with van der Waals surface area (Å²) in [5.74, 6) is -2.98. The van der Waals surface area contributed by atoms with Crippen LogP contribution in [0.25, 0.3) is 0 Å². The number of carbonyl (C=O) groups excluding carboxylic acids is 5. The standard InChI is InChI=1S/C25H26N2O7/c1-3-4-12-27-22(29)18-11-10-17(14-19(18)23(27)30)24(31)34-15-21(28)26-20(25(32)33-2)13-16-8-6-5-7-9-16/h5-11,14,20H,3-4,12-13,15H2,1-2H3,(H,26,28). The van der Waals surface area contributed by atoms with Crippen LogP contribution in [0.15, 0.2) is 48.5 Å². The van der Waals surface area contributed by atoms with E-state index in [4.69, 9.17) is 9.47 Å². The molecule has 1 atom stereocenters. The van der Waals surface area contributed by atoms with E-state index in [0.717, 1.165) is 16.9 Å². The molecule has 34 heavy (non-hydrogen) atoms. The van der Waals surface area contributed by atoms with Crippen LogP contribution in [0.2, 0.25) is 0 Å². The maximum atomic E-state index is 12.6. The lowest BCUT2D eigenvalue weighted by atomic mass is 10.1. The number of methoxy groups -OCH3 is 1. The van der Waals surface area contributed by atoms with Gasteiger partial charge < -0.3 is 14.8 Å². The van der Waals surface area contributed by atoms with Crippen molar-refractivity contribution in [2.75, 3.05) is 20.3 Å². The Kier molecular flexibility index (Phi) is 8.13. The van der Waals surface area contributed by atoms with Crippen LogP contribution in [0.5, 0.6) is 0 Å². The van der Waals surface area contributed by atoms with Gasteiger partial charge in [0.25, 0.3) is 17.7 Å². The molecule has 1 N–H and O–H groups in total. The number of carbonyl (C=O) groups is 5. The van der Waals surface area contributed by atoms with E-state index >= 15 is 0 Å². The zero-order valence-electron chi connectivity index (χ0n) is 19.0. The maximum absolute atomic E-state index is 12.6. The molecule has 3 amide bonds. The Balaban J connectivity index is 1.60. The third kappa shape index (κ3) is 5.67. The summed E-state index contributed by atoms with van der Waals surface area (Å²) in [7, 11) is 1.22. The predicted octanol–water partition coefficient (Wildman–Crippen LogP) is 2.14. The van der Waals surface area contributed by atoms with Crippen molar-refractivity contribution in [3.05, 3.63) is 70.8 Å². The summed E-state index contributed by atoms with van der Waals surface area (Å²) in [6, 6.07) is 12.2. The van der Waals surface area contributed by atoms with Gasteiger partial charge in [0, 0.05) is 13.0 Å². The second-order valence-electron chi connectivity index (χ2n) is 7.78. The van der Waals surface area contributed by atoms with Crippen LogP contribution in [-0.2, 0) is 25.5 Å². The summed E-state index contributed by atoms with van der Waals surface area (Å²) >= 11 is 0. The number of unbranched alkanes of at least 4 members (excludes halogenated alkanes) is 1. The average molecular weight is 466 g/mol. The van der Waals surface area contributed by atoms with Crippen molar-refractivity contribution in [2.24, 2.45) is 0 Å². The summed E-state index contributed by atoms with van der Waals surface area (Å²) in [4.78, 5) is 63.0. The van der Waals surface area contributed by atoms with Gasteiger partial charge in [0.15, 0.2) is 6.61 Å². The Morgan fingerprint density at radius 2 is 1.71 bits per heavy atom. The van der Waals surface area contributed by atoms with Gasteiger partial charge in [0.05, 0.1) is 23.8 Å². The maximum Gasteiger partial charge on any atom is 0.338 e. The summed E-state index contributed by atoms with van der Waals surface area (Å²) in [6.45, 7) is 1.64. The molecule has 178 valence electrons. The number of nitrogens with zero attached hydrogens (tertiary/aromatic N) is 1. The minimum Gasteiger partial charge on any atom is -0.467 e. The Morgan fingerprint density at radius 3 is 2.38 bits per heavy atom. The molecule has 0 fully saturated rings. The Bertz CT molecular complexity index is 1100. The highest BCUT2D eigenvalue weighted by Gasteiger charge is 2.35. The van der Waals surface area contributed by atoms with E-state index in [1.807, 2.05) is 37.3 Å². The zero-order valence-corrected chi connectivity index (χ0v) is 19.0. The Hall–Kier alpha value is -4.01. The highest BCUT2D eigenvalue weighted by molar-refractivity contribution is 6.22. The molecule has 0 aliphatic carbocycles. The topological polar surface area (TPSA) is 119 Å². The van der Waals surface area contributed by atoms with Crippen molar-refractivity contribution in [3.63, 3.8) is 0 Å². The lowest BCUT2D eigenvalue weighted by Gasteiger charge is -2.16. The Labute approximate surface area is 197 Å². The molecule has 1 unspecified atom stereocenters. The molecule has 0 radical (unpaired) electrons. The van der Waals surface area contributed by atoms with Crippen molar-refractivity contribution in [1.82, 2.24) is 10.2 Å². The van der Waals surface area contributed by atoms with Crippen molar-refractivity contribution in [2.45, 2.75) is 32.2 Å². The number of hydrogen-bond donors (Lipinski definition) is 1. The van der Waals surface area contributed by atoms with Gasteiger partial charge in [0.1, 0.15) is 6.04 Å². The van der Waals surface area contributed by atoms with Gasteiger partial charge >= 0.3 is 11.9 Å². The molecule has 1 heterocycles. The van der Waals surface area contributed by atoms with Gasteiger partial charge in [0.2, 0.25) is 0 Å². The van der Waals surface area contributed by atoms with E-state index in [2.05, 4.69) is 5.32 Å². The first-order chi connectivity index (χ1) is 16.3. The fourth-order valence-corrected chi connectivity index (χ4v) is 3.57. The summed E-state index contributed by atoms with van der Waals surface area (Å²) < 4.78 is 9.81. The number of ether oxygens (including phenoxy) is 2. The number of fused-ring (bicyclic) bond motifs is 1. The molecular formula is C25H26N2O7. The average Bonchev–Trinajstić information content (AvgIpc) is 3.09. The molecule has 9 nitrogen and oxygen atoms in total. The molecule has 0 saturated carbocycles. The summed E-state index contributed by atoms with van der Waals surface area (Å²) in [5, 5.41) is 2.51. The van der Waals surface area contributed by atoms with E-state index in [1.165, 1.54) is 25.3 Å².